The quantitative estimate of drug-likeness (QED) is 0.925. The summed E-state index contributed by atoms with van der Waals surface area (Å²) in [4.78, 5) is 12.6. The minimum absolute atomic E-state index is 0.0587. The van der Waals surface area contributed by atoms with Gasteiger partial charge < -0.3 is 14.3 Å². The molecule has 1 aliphatic rings. The van der Waals surface area contributed by atoms with E-state index in [1.807, 2.05) is 32.0 Å². The molecule has 1 amide bonds. The third-order valence-electron chi connectivity index (χ3n) is 5.06. The number of nitrogens with one attached hydrogen (secondary N) is 1. The minimum Gasteiger partial charge on any atom is -0.467 e. The Morgan fingerprint density at radius 3 is 2.70 bits per heavy atom. The highest BCUT2D eigenvalue weighted by Gasteiger charge is 2.22. The second-order valence-corrected chi connectivity index (χ2v) is 6.88. The van der Waals surface area contributed by atoms with Gasteiger partial charge in [-0.2, -0.15) is 0 Å². The van der Waals surface area contributed by atoms with Crippen LogP contribution in [0.1, 0.15) is 60.1 Å². The lowest BCUT2D eigenvalue weighted by Gasteiger charge is -2.26. The highest BCUT2D eigenvalue weighted by Crippen LogP contribution is 2.24. The molecule has 23 heavy (non-hydrogen) atoms. The maximum absolute atomic E-state index is 12.6. The van der Waals surface area contributed by atoms with Crippen LogP contribution in [-0.2, 0) is 6.54 Å². The summed E-state index contributed by atoms with van der Waals surface area (Å²) >= 11 is 0. The fourth-order valence-corrected chi connectivity index (χ4v) is 3.50. The molecule has 0 saturated heterocycles. The number of carbonyl (C=O) groups excluding carboxylic acids is 1. The highest BCUT2D eigenvalue weighted by molar-refractivity contribution is 5.95. The molecule has 0 unspecified atom stereocenters. The average Bonchev–Trinajstić information content (AvgIpc) is 3.13. The molecular formula is C19H26N2O2. The first-order valence-electron chi connectivity index (χ1n) is 8.54. The maximum Gasteiger partial charge on any atom is 0.253 e. The third kappa shape index (κ3) is 3.52. The van der Waals surface area contributed by atoms with E-state index in [0.29, 0.717) is 12.6 Å². The number of hydrogen-bond acceptors (Lipinski definition) is 2. The molecule has 0 aliphatic heterocycles. The SMILES string of the molecule is Cc1cc(C(=O)NC2CCC(C)CC2)c(C)n1Cc1ccco1. The Balaban J connectivity index is 1.71. The second kappa shape index (κ2) is 6.65. The number of aryl methyl sites for hydroxylation is 1. The van der Waals surface area contributed by atoms with Gasteiger partial charge in [0.1, 0.15) is 5.76 Å². The lowest BCUT2D eigenvalue weighted by molar-refractivity contribution is 0.0922. The van der Waals surface area contributed by atoms with Gasteiger partial charge in [-0.25, -0.2) is 0 Å². The van der Waals surface area contributed by atoms with Crippen LogP contribution in [0.15, 0.2) is 28.9 Å². The topological polar surface area (TPSA) is 47.2 Å². The van der Waals surface area contributed by atoms with Crippen LogP contribution >= 0.6 is 0 Å². The van der Waals surface area contributed by atoms with E-state index in [1.54, 1.807) is 6.26 Å². The van der Waals surface area contributed by atoms with Gasteiger partial charge in [-0.15, -0.1) is 0 Å². The third-order valence-corrected chi connectivity index (χ3v) is 5.06. The summed E-state index contributed by atoms with van der Waals surface area (Å²) in [5, 5.41) is 3.22. The fraction of sp³-hybridized carbons (Fsp3) is 0.526. The van der Waals surface area contributed by atoms with Crippen molar-refractivity contribution >= 4 is 5.91 Å². The summed E-state index contributed by atoms with van der Waals surface area (Å²) in [6, 6.07) is 6.16. The zero-order chi connectivity index (χ0) is 16.4. The number of hydrogen-bond donors (Lipinski definition) is 1. The van der Waals surface area contributed by atoms with Crippen LogP contribution in [-0.4, -0.2) is 16.5 Å². The summed E-state index contributed by atoms with van der Waals surface area (Å²) in [6.45, 7) is 7.00. The van der Waals surface area contributed by atoms with Gasteiger partial charge in [0.05, 0.1) is 18.4 Å². The van der Waals surface area contributed by atoms with Crippen molar-refractivity contribution in [3.63, 3.8) is 0 Å². The normalized spacial score (nSPS) is 21.3. The summed E-state index contributed by atoms with van der Waals surface area (Å²) in [5.74, 6) is 1.75. The van der Waals surface area contributed by atoms with Crippen LogP contribution in [0.5, 0.6) is 0 Å². The van der Waals surface area contributed by atoms with E-state index in [-0.39, 0.29) is 5.91 Å². The molecule has 1 N–H and O–H groups in total. The van der Waals surface area contributed by atoms with Crippen molar-refractivity contribution in [1.82, 2.24) is 9.88 Å². The Bertz CT molecular complexity index is 662. The van der Waals surface area contributed by atoms with Crippen LogP contribution in [0.2, 0.25) is 0 Å². The van der Waals surface area contributed by atoms with Gasteiger partial charge in [0.25, 0.3) is 5.91 Å². The van der Waals surface area contributed by atoms with Crippen LogP contribution in [0.3, 0.4) is 0 Å². The largest absolute Gasteiger partial charge is 0.467 e. The summed E-state index contributed by atoms with van der Waals surface area (Å²) in [5.41, 5.74) is 2.87. The minimum atomic E-state index is 0.0587. The van der Waals surface area contributed by atoms with Gasteiger partial charge in [-0.1, -0.05) is 6.92 Å². The molecule has 0 radical (unpaired) electrons. The molecule has 4 nitrogen and oxygen atoms in total. The standard InChI is InChI=1S/C19H26N2O2/c1-13-6-8-16(9-7-13)20-19(22)18-11-14(2)21(15(18)3)12-17-5-4-10-23-17/h4-5,10-11,13,16H,6-9,12H2,1-3H3,(H,20,22). The van der Waals surface area contributed by atoms with E-state index in [2.05, 4.69) is 16.8 Å². The van der Waals surface area contributed by atoms with Crippen LogP contribution in [0.4, 0.5) is 0 Å². The number of carbonyl (C=O) groups is 1. The number of rotatable bonds is 4. The molecule has 1 saturated carbocycles. The molecule has 1 aliphatic carbocycles. The smallest absolute Gasteiger partial charge is 0.253 e. The first-order valence-corrected chi connectivity index (χ1v) is 8.54. The number of aromatic nitrogens is 1. The molecule has 2 aromatic heterocycles. The van der Waals surface area contributed by atoms with E-state index in [4.69, 9.17) is 4.42 Å². The zero-order valence-electron chi connectivity index (χ0n) is 14.3. The van der Waals surface area contributed by atoms with Crippen molar-refractivity contribution in [1.29, 1.82) is 0 Å². The van der Waals surface area contributed by atoms with E-state index in [0.717, 1.165) is 41.5 Å². The molecule has 4 heteroatoms. The first-order chi connectivity index (χ1) is 11.0. The lowest BCUT2D eigenvalue weighted by atomic mass is 9.87. The predicted molar refractivity (Wildman–Crippen MR) is 90.6 cm³/mol. The lowest BCUT2D eigenvalue weighted by Crippen LogP contribution is -2.37. The van der Waals surface area contributed by atoms with Crippen LogP contribution in [0, 0.1) is 19.8 Å². The molecular weight excluding hydrogens is 288 g/mol. The summed E-state index contributed by atoms with van der Waals surface area (Å²) in [7, 11) is 0. The van der Waals surface area contributed by atoms with Crippen molar-refractivity contribution in [2.75, 3.05) is 0 Å². The van der Waals surface area contributed by atoms with Gasteiger partial charge in [0.15, 0.2) is 0 Å². The van der Waals surface area contributed by atoms with Gasteiger partial charge >= 0.3 is 0 Å². The number of amides is 1. The van der Waals surface area contributed by atoms with Crippen molar-refractivity contribution in [3.05, 3.63) is 47.2 Å². The van der Waals surface area contributed by atoms with Crippen LogP contribution < -0.4 is 5.32 Å². The Hall–Kier alpha value is -1.97. The van der Waals surface area contributed by atoms with E-state index in [9.17, 15) is 4.79 Å². The zero-order valence-corrected chi connectivity index (χ0v) is 14.3. The van der Waals surface area contributed by atoms with Gasteiger partial charge in [-0.05, 0) is 63.6 Å². The van der Waals surface area contributed by atoms with Crippen molar-refractivity contribution in [2.45, 2.75) is 59.0 Å². The van der Waals surface area contributed by atoms with Gasteiger partial charge in [0, 0.05) is 17.4 Å². The van der Waals surface area contributed by atoms with Crippen LogP contribution in [0.25, 0.3) is 0 Å². The molecule has 0 spiro atoms. The molecule has 0 bridgehead atoms. The monoisotopic (exact) mass is 314 g/mol. The molecule has 2 aromatic rings. The average molecular weight is 314 g/mol. The molecule has 124 valence electrons. The second-order valence-electron chi connectivity index (χ2n) is 6.88. The van der Waals surface area contributed by atoms with Crippen molar-refractivity contribution in [3.8, 4) is 0 Å². The predicted octanol–water partition coefficient (Wildman–Crippen LogP) is 4.05. The number of nitrogens with zero attached hydrogens (tertiary/aromatic N) is 1. The molecule has 1 fully saturated rings. The highest BCUT2D eigenvalue weighted by atomic mass is 16.3. The Labute approximate surface area is 137 Å². The molecule has 3 rings (SSSR count). The van der Waals surface area contributed by atoms with E-state index >= 15 is 0 Å². The Kier molecular flexibility index (Phi) is 4.60. The first kappa shape index (κ1) is 15.9. The van der Waals surface area contributed by atoms with Crippen molar-refractivity contribution in [2.24, 2.45) is 5.92 Å². The summed E-state index contributed by atoms with van der Waals surface area (Å²) < 4.78 is 7.56. The van der Waals surface area contributed by atoms with Crippen molar-refractivity contribution < 1.29 is 9.21 Å². The maximum atomic E-state index is 12.6. The van der Waals surface area contributed by atoms with Gasteiger partial charge in [-0.3, -0.25) is 4.79 Å². The van der Waals surface area contributed by atoms with E-state index in [1.165, 1.54) is 12.8 Å². The Morgan fingerprint density at radius 2 is 2.04 bits per heavy atom. The summed E-state index contributed by atoms with van der Waals surface area (Å²) in [6.07, 6.45) is 6.29. The number of furan rings is 1. The van der Waals surface area contributed by atoms with E-state index < -0.39 is 0 Å². The fourth-order valence-electron chi connectivity index (χ4n) is 3.50. The van der Waals surface area contributed by atoms with Gasteiger partial charge in [0.2, 0.25) is 0 Å². The Morgan fingerprint density at radius 1 is 1.30 bits per heavy atom. The molecule has 0 atom stereocenters. The molecule has 2 heterocycles. The molecule has 0 aromatic carbocycles.